The lowest BCUT2D eigenvalue weighted by Crippen LogP contribution is -2.39. The van der Waals surface area contributed by atoms with E-state index in [0.717, 1.165) is 18.8 Å². The van der Waals surface area contributed by atoms with Crippen LogP contribution in [0.5, 0.6) is 0 Å². The highest BCUT2D eigenvalue weighted by Crippen LogP contribution is 2.30. The lowest BCUT2D eigenvalue weighted by molar-refractivity contribution is 0.0592. The summed E-state index contributed by atoms with van der Waals surface area (Å²) in [5.74, 6) is 1.31. The Bertz CT molecular complexity index is 128. The Hall–Kier alpha value is -0.0800. The van der Waals surface area contributed by atoms with E-state index in [4.69, 9.17) is 5.73 Å². The van der Waals surface area contributed by atoms with Gasteiger partial charge in [-0.1, -0.05) is 19.8 Å². The molecule has 0 radical (unpaired) electrons. The zero-order valence-electron chi connectivity index (χ0n) is 8.16. The molecule has 3 N–H and O–H groups in total. The van der Waals surface area contributed by atoms with Crippen LogP contribution in [0.25, 0.3) is 0 Å². The van der Waals surface area contributed by atoms with Crippen molar-refractivity contribution >= 4 is 0 Å². The Kier molecular flexibility index (Phi) is 3.53. The molecule has 1 saturated carbocycles. The van der Waals surface area contributed by atoms with E-state index in [1.807, 2.05) is 6.92 Å². The molecule has 0 aromatic rings. The van der Waals surface area contributed by atoms with Crippen molar-refractivity contribution in [2.75, 3.05) is 0 Å². The number of hydrogen-bond acceptors (Lipinski definition) is 2. The molecule has 12 heavy (non-hydrogen) atoms. The fraction of sp³-hybridized carbons (Fsp3) is 1.00. The fourth-order valence-corrected chi connectivity index (χ4v) is 2.06. The molecule has 0 aliphatic heterocycles. The number of rotatable bonds is 2. The molecule has 1 aliphatic rings. The molecule has 0 aromatic carbocycles. The van der Waals surface area contributed by atoms with Gasteiger partial charge in [-0.15, -0.1) is 0 Å². The zero-order chi connectivity index (χ0) is 9.14. The molecule has 1 rings (SSSR count). The van der Waals surface area contributed by atoms with Gasteiger partial charge in [-0.3, -0.25) is 0 Å². The maximum Gasteiger partial charge on any atom is 0.0716 e. The van der Waals surface area contributed by atoms with Crippen LogP contribution in [0.4, 0.5) is 0 Å². The van der Waals surface area contributed by atoms with Crippen molar-refractivity contribution in [2.24, 2.45) is 17.6 Å². The predicted molar refractivity (Wildman–Crippen MR) is 50.8 cm³/mol. The Morgan fingerprint density at radius 1 is 1.25 bits per heavy atom. The third-order valence-electron chi connectivity index (χ3n) is 3.08. The van der Waals surface area contributed by atoms with Crippen LogP contribution in [-0.2, 0) is 0 Å². The Labute approximate surface area is 75.2 Å². The normalized spacial score (nSPS) is 36.0. The first-order chi connectivity index (χ1) is 5.61. The highest BCUT2D eigenvalue weighted by molar-refractivity contribution is 4.80. The predicted octanol–water partition coefficient (Wildman–Crippen LogP) is 1.52. The summed E-state index contributed by atoms with van der Waals surface area (Å²) in [6.07, 6.45) is 4.55. The van der Waals surface area contributed by atoms with E-state index in [0.29, 0.717) is 5.92 Å². The van der Waals surface area contributed by atoms with Crippen LogP contribution in [0, 0.1) is 11.8 Å². The molecule has 0 amide bonds. The Morgan fingerprint density at radius 3 is 2.17 bits per heavy atom. The summed E-state index contributed by atoms with van der Waals surface area (Å²) in [6.45, 7) is 4.18. The number of aliphatic hydroxyl groups is 1. The number of aliphatic hydroxyl groups excluding tert-OH is 1. The topological polar surface area (TPSA) is 46.2 Å². The quantitative estimate of drug-likeness (QED) is 0.661. The average molecular weight is 171 g/mol. The molecule has 2 nitrogen and oxygen atoms in total. The third-order valence-corrected chi connectivity index (χ3v) is 3.08. The van der Waals surface area contributed by atoms with Crippen molar-refractivity contribution in [3.8, 4) is 0 Å². The van der Waals surface area contributed by atoms with E-state index in [2.05, 4.69) is 6.92 Å². The second kappa shape index (κ2) is 4.24. The first-order valence-electron chi connectivity index (χ1n) is 5.05. The minimum Gasteiger partial charge on any atom is -0.391 e. The molecular formula is C10H21NO. The molecular weight excluding hydrogens is 150 g/mol. The second-order valence-electron chi connectivity index (χ2n) is 4.37. The zero-order valence-corrected chi connectivity index (χ0v) is 8.16. The largest absolute Gasteiger partial charge is 0.391 e. The fourth-order valence-electron chi connectivity index (χ4n) is 2.06. The van der Waals surface area contributed by atoms with Gasteiger partial charge in [-0.25, -0.2) is 0 Å². The summed E-state index contributed by atoms with van der Waals surface area (Å²) in [5.41, 5.74) is 5.65. The van der Waals surface area contributed by atoms with Gasteiger partial charge >= 0.3 is 0 Å². The van der Waals surface area contributed by atoms with Crippen LogP contribution < -0.4 is 5.73 Å². The van der Waals surface area contributed by atoms with Crippen molar-refractivity contribution in [3.05, 3.63) is 0 Å². The molecule has 0 spiro atoms. The lowest BCUT2D eigenvalue weighted by Gasteiger charge is -2.31. The van der Waals surface area contributed by atoms with Crippen LogP contribution >= 0.6 is 0 Å². The van der Waals surface area contributed by atoms with E-state index in [9.17, 15) is 5.11 Å². The highest BCUT2D eigenvalue weighted by Gasteiger charge is 2.26. The first kappa shape index (κ1) is 10.0. The van der Waals surface area contributed by atoms with E-state index < -0.39 is 0 Å². The molecule has 1 fully saturated rings. The summed E-state index contributed by atoms with van der Waals surface area (Å²) in [6, 6.07) is -0.0663. The van der Waals surface area contributed by atoms with Crippen molar-refractivity contribution < 1.29 is 5.11 Å². The number of hydrogen-bond donors (Lipinski definition) is 2. The van der Waals surface area contributed by atoms with Crippen LogP contribution in [0.1, 0.15) is 39.5 Å². The smallest absolute Gasteiger partial charge is 0.0716 e. The molecule has 1 aliphatic carbocycles. The minimum atomic E-state index is -0.280. The van der Waals surface area contributed by atoms with E-state index in [1.165, 1.54) is 12.8 Å². The highest BCUT2D eigenvalue weighted by atomic mass is 16.3. The minimum absolute atomic E-state index is 0.0663. The van der Waals surface area contributed by atoms with Gasteiger partial charge in [-0.05, 0) is 31.6 Å². The van der Waals surface area contributed by atoms with Gasteiger partial charge in [0, 0.05) is 6.04 Å². The molecule has 72 valence electrons. The molecule has 2 heteroatoms. The van der Waals surface area contributed by atoms with E-state index in [-0.39, 0.29) is 12.1 Å². The standard InChI is InChI=1S/C10H21NO/c1-7-3-5-9(6-4-7)10(12)8(2)11/h7-10,12H,3-6,11H2,1-2H3. The van der Waals surface area contributed by atoms with Gasteiger partial charge in [0.1, 0.15) is 0 Å². The first-order valence-corrected chi connectivity index (χ1v) is 5.05. The van der Waals surface area contributed by atoms with Gasteiger partial charge in [0.05, 0.1) is 6.10 Å². The van der Waals surface area contributed by atoms with E-state index in [1.54, 1.807) is 0 Å². The molecule has 2 unspecified atom stereocenters. The summed E-state index contributed by atoms with van der Waals surface area (Å²) in [5, 5.41) is 9.71. The summed E-state index contributed by atoms with van der Waals surface area (Å²) >= 11 is 0. The summed E-state index contributed by atoms with van der Waals surface area (Å²) < 4.78 is 0. The molecule has 0 saturated heterocycles. The van der Waals surface area contributed by atoms with E-state index >= 15 is 0 Å². The summed E-state index contributed by atoms with van der Waals surface area (Å²) in [7, 11) is 0. The summed E-state index contributed by atoms with van der Waals surface area (Å²) in [4.78, 5) is 0. The van der Waals surface area contributed by atoms with Gasteiger partial charge in [0.15, 0.2) is 0 Å². The molecule has 0 heterocycles. The van der Waals surface area contributed by atoms with Crippen molar-refractivity contribution in [3.63, 3.8) is 0 Å². The Balaban J connectivity index is 2.34. The van der Waals surface area contributed by atoms with Gasteiger partial charge < -0.3 is 10.8 Å². The molecule has 0 aromatic heterocycles. The van der Waals surface area contributed by atoms with Crippen LogP contribution in [0.15, 0.2) is 0 Å². The molecule has 2 atom stereocenters. The third kappa shape index (κ3) is 2.46. The van der Waals surface area contributed by atoms with Crippen LogP contribution in [0.2, 0.25) is 0 Å². The maximum absolute atomic E-state index is 9.71. The molecule has 0 bridgehead atoms. The van der Waals surface area contributed by atoms with Crippen LogP contribution in [-0.4, -0.2) is 17.3 Å². The van der Waals surface area contributed by atoms with Gasteiger partial charge in [0.2, 0.25) is 0 Å². The maximum atomic E-state index is 9.71. The van der Waals surface area contributed by atoms with Crippen molar-refractivity contribution in [1.82, 2.24) is 0 Å². The SMILES string of the molecule is CC1CCC(C(O)C(C)N)CC1. The number of nitrogens with two attached hydrogens (primary N) is 1. The van der Waals surface area contributed by atoms with Gasteiger partial charge in [-0.2, -0.15) is 0 Å². The van der Waals surface area contributed by atoms with Crippen LogP contribution in [0.3, 0.4) is 0 Å². The van der Waals surface area contributed by atoms with Crippen molar-refractivity contribution in [2.45, 2.75) is 51.7 Å². The Morgan fingerprint density at radius 2 is 1.75 bits per heavy atom. The second-order valence-corrected chi connectivity index (χ2v) is 4.37. The average Bonchev–Trinajstić information content (AvgIpc) is 2.04. The van der Waals surface area contributed by atoms with Crippen molar-refractivity contribution in [1.29, 1.82) is 0 Å². The van der Waals surface area contributed by atoms with Gasteiger partial charge in [0.25, 0.3) is 0 Å². The lowest BCUT2D eigenvalue weighted by atomic mass is 9.79. The monoisotopic (exact) mass is 171 g/mol.